The molecule has 0 nitrogen and oxygen atoms in total. The van der Waals surface area contributed by atoms with Crippen LogP contribution >= 0.6 is 0 Å². The Labute approximate surface area is 87.0 Å². The van der Waals surface area contributed by atoms with E-state index in [4.69, 9.17) is 0 Å². The van der Waals surface area contributed by atoms with E-state index >= 15 is 0 Å². The number of hydrogen-bond donors (Lipinski definition) is 0. The maximum atomic E-state index is 2.22. The van der Waals surface area contributed by atoms with Gasteiger partial charge >= 0.3 is 0 Å². The fraction of sp³-hybridized carbons (Fsp3) is 0.286. The first-order valence-corrected chi connectivity index (χ1v) is 5.31. The zero-order valence-electron chi connectivity index (χ0n) is 8.82. The number of rotatable bonds is 5. The normalized spacial score (nSPS) is 15.1. The van der Waals surface area contributed by atoms with Crippen LogP contribution in [-0.4, -0.2) is 0 Å². The lowest BCUT2D eigenvalue weighted by atomic mass is 10.2. The van der Waals surface area contributed by atoms with Crippen molar-refractivity contribution in [3.8, 4) is 0 Å². The van der Waals surface area contributed by atoms with E-state index in [2.05, 4.69) is 61.6 Å². The summed E-state index contributed by atoms with van der Waals surface area (Å²) in [6.45, 7) is 2.22. The van der Waals surface area contributed by atoms with E-state index in [1.54, 1.807) is 0 Å². The van der Waals surface area contributed by atoms with E-state index in [9.17, 15) is 0 Å². The summed E-state index contributed by atoms with van der Waals surface area (Å²) < 4.78 is 0. The molecule has 0 saturated heterocycles. The van der Waals surface area contributed by atoms with Gasteiger partial charge in [0, 0.05) is 0 Å². The molecule has 0 saturated carbocycles. The Morgan fingerprint density at radius 3 is 2.57 bits per heavy atom. The largest absolute Gasteiger partial charge is 0.0845 e. The van der Waals surface area contributed by atoms with Crippen LogP contribution in [0.2, 0.25) is 0 Å². The van der Waals surface area contributed by atoms with Crippen LogP contribution in [0.5, 0.6) is 0 Å². The average Bonchev–Trinajstić information content (AvgIpc) is 2.69. The molecule has 0 fully saturated rings. The van der Waals surface area contributed by atoms with Gasteiger partial charge in [-0.1, -0.05) is 74.4 Å². The van der Waals surface area contributed by atoms with Gasteiger partial charge in [0.25, 0.3) is 0 Å². The molecular weight excluding hydrogens is 168 g/mol. The summed E-state index contributed by atoms with van der Waals surface area (Å²) in [5.41, 5.74) is 1.27. The summed E-state index contributed by atoms with van der Waals surface area (Å²) in [6, 6.07) is 0. The minimum absolute atomic E-state index is 1.19. The van der Waals surface area contributed by atoms with E-state index in [-0.39, 0.29) is 0 Å². The Balaban J connectivity index is 2.20. The van der Waals surface area contributed by atoms with Crippen LogP contribution in [-0.2, 0) is 0 Å². The molecule has 0 atom stereocenters. The predicted octanol–water partition coefficient (Wildman–Crippen LogP) is 4.34. The van der Waals surface area contributed by atoms with Crippen LogP contribution in [0.25, 0.3) is 0 Å². The van der Waals surface area contributed by atoms with Gasteiger partial charge in [-0.15, -0.1) is 0 Å². The summed E-state index contributed by atoms with van der Waals surface area (Å²) in [5, 5.41) is 0. The molecule has 14 heavy (non-hydrogen) atoms. The zero-order chi connectivity index (χ0) is 10.1. The van der Waals surface area contributed by atoms with Gasteiger partial charge in [-0.2, -0.15) is 0 Å². The highest BCUT2D eigenvalue weighted by atomic mass is 13.9. The fourth-order valence-electron chi connectivity index (χ4n) is 1.23. The molecule has 74 valence electrons. The van der Waals surface area contributed by atoms with Crippen molar-refractivity contribution >= 4 is 0 Å². The molecule has 0 bridgehead atoms. The molecule has 0 aromatic heterocycles. The summed E-state index contributed by atoms with van der Waals surface area (Å²) >= 11 is 0. The summed E-state index contributed by atoms with van der Waals surface area (Å²) in [4.78, 5) is 0. The lowest BCUT2D eigenvalue weighted by Gasteiger charge is -1.85. The topological polar surface area (TPSA) is 0 Å². The molecule has 0 heteroatoms. The van der Waals surface area contributed by atoms with Crippen LogP contribution in [0.1, 0.15) is 26.2 Å². The van der Waals surface area contributed by atoms with Crippen LogP contribution in [0.3, 0.4) is 0 Å². The SMILES string of the molecule is CCCC/C=C/C=C\C=C1C=CC=C1. The molecule has 1 aliphatic rings. The molecular formula is C14H18. The summed E-state index contributed by atoms with van der Waals surface area (Å²) in [5.74, 6) is 0. The van der Waals surface area contributed by atoms with Gasteiger partial charge in [0.05, 0.1) is 0 Å². The molecule has 1 rings (SSSR count). The van der Waals surface area contributed by atoms with Gasteiger partial charge in [-0.3, -0.25) is 0 Å². The van der Waals surface area contributed by atoms with Crippen molar-refractivity contribution in [3.63, 3.8) is 0 Å². The average molecular weight is 186 g/mol. The van der Waals surface area contributed by atoms with Gasteiger partial charge in [-0.05, 0) is 12.0 Å². The van der Waals surface area contributed by atoms with Gasteiger partial charge in [0.15, 0.2) is 0 Å². The highest BCUT2D eigenvalue weighted by molar-refractivity contribution is 5.42. The van der Waals surface area contributed by atoms with E-state index in [1.807, 2.05) is 0 Å². The van der Waals surface area contributed by atoms with Gasteiger partial charge in [0.1, 0.15) is 0 Å². The second-order valence-corrected chi connectivity index (χ2v) is 3.34. The third-order valence-corrected chi connectivity index (χ3v) is 2.06. The standard InChI is InChI=1S/C14H18/c1-2-3-4-5-6-7-8-11-14-12-9-10-13-14/h5-13H,2-4H2,1H3/b6-5+,8-7-. The number of unbranched alkanes of at least 4 members (excludes halogenated alkanes) is 2. The second kappa shape index (κ2) is 7.14. The molecule has 0 aromatic rings. The van der Waals surface area contributed by atoms with Crippen LogP contribution in [0, 0.1) is 0 Å². The third-order valence-electron chi connectivity index (χ3n) is 2.06. The van der Waals surface area contributed by atoms with Gasteiger partial charge in [0.2, 0.25) is 0 Å². The summed E-state index contributed by atoms with van der Waals surface area (Å²) in [7, 11) is 0. The maximum absolute atomic E-state index is 2.22. The summed E-state index contributed by atoms with van der Waals surface area (Å²) in [6.07, 6.45) is 22.7. The zero-order valence-corrected chi connectivity index (χ0v) is 8.82. The molecule has 0 amide bonds. The Hall–Kier alpha value is -1.30. The van der Waals surface area contributed by atoms with Crippen molar-refractivity contribution in [2.24, 2.45) is 0 Å². The van der Waals surface area contributed by atoms with Crippen molar-refractivity contribution in [1.29, 1.82) is 0 Å². The third kappa shape index (κ3) is 4.66. The highest BCUT2D eigenvalue weighted by Crippen LogP contribution is 2.06. The molecule has 0 heterocycles. The van der Waals surface area contributed by atoms with Crippen molar-refractivity contribution in [1.82, 2.24) is 0 Å². The minimum Gasteiger partial charge on any atom is -0.0845 e. The maximum Gasteiger partial charge on any atom is -0.0257 e. The molecule has 0 unspecified atom stereocenters. The molecule has 1 aliphatic carbocycles. The Morgan fingerprint density at radius 2 is 1.86 bits per heavy atom. The molecule has 0 aromatic carbocycles. The highest BCUT2D eigenvalue weighted by Gasteiger charge is 1.86. The number of allylic oxidation sites excluding steroid dienone is 10. The van der Waals surface area contributed by atoms with Crippen molar-refractivity contribution < 1.29 is 0 Å². The van der Waals surface area contributed by atoms with E-state index in [0.29, 0.717) is 0 Å². The second-order valence-electron chi connectivity index (χ2n) is 3.34. The quantitative estimate of drug-likeness (QED) is 0.442. The first-order valence-electron chi connectivity index (χ1n) is 5.31. The molecule has 0 spiro atoms. The van der Waals surface area contributed by atoms with E-state index in [0.717, 1.165) is 0 Å². The van der Waals surface area contributed by atoms with Crippen LogP contribution in [0.15, 0.2) is 60.3 Å². The first kappa shape index (κ1) is 10.8. The lowest BCUT2D eigenvalue weighted by molar-refractivity contribution is 0.815. The molecule has 0 radical (unpaired) electrons. The van der Waals surface area contributed by atoms with Crippen molar-refractivity contribution in [3.05, 3.63) is 60.3 Å². The van der Waals surface area contributed by atoms with E-state index in [1.165, 1.54) is 24.8 Å². The molecule has 0 N–H and O–H groups in total. The van der Waals surface area contributed by atoms with Crippen LogP contribution in [0.4, 0.5) is 0 Å². The van der Waals surface area contributed by atoms with Gasteiger partial charge in [-0.25, -0.2) is 0 Å². The smallest absolute Gasteiger partial charge is 0.0257 e. The predicted molar refractivity (Wildman–Crippen MR) is 64.2 cm³/mol. The Bertz CT molecular complexity index is 271. The van der Waals surface area contributed by atoms with Gasteiger partial charge < -0.3 is 0 Å². The molecule has 0 aliphatic heterocycles. The Kier molecular flexibility index (Phi) is 5.49. The van der Waals surface area contributed by atoms with Crippen LogP contribution < -0.4 is 0 Å². The minimum atomic E-state index is 1.19. The van der Waals surface area contributed by atoms with E-state index < -0.39 is 0 Å². The fourth-order valence-corrected chi connectivity index (χ4v) is 1.23. The first-order chi connectivity index (χ1) is 6.93. The monoisotopic (exact) mass is 186 g/mol. The number of hydrogen-bond acceptors (Lipinski definition) is 0. The van der Waals surface area contributed by atoms with Crippen molar-refractivity contribution in [2.45, 2.75) is 26.2 Å². The lowest BCUT2D eigenvalue weighted by Crippen LogP contribution is -1.65. The Morgan fingerprint density at radius 1 is 1.07 bits per heavy atom. The van der Waals surface area contributed by atoms with Crippen molar-refractivity contribution in [2.75, 3.05) is 0 Å².